The van der Waals surface area contributed by atoms with Gasteiger partial charge >= 0.3 is 0 Å². The molecule has 1 N–H and O–H groups in total. The molecule has 4 heteroatoms. The number of hydrogen-bond acceptors (Lipinski definition) is 3. The molecule has 0 aromatic carbocycles. The lowest BCUT2D eigenvalue weighted by atomic mass is 9.99. The van der Waals surface area contributed by atoms with Gasteiger partial charge in [-0.15, -0.1) is 0 Å². The molecule has 2 atom stereocenters. The zero-order valence-corrected chi connectivity index (χ0v) is 12.7. The van der Waals surface area contributed by atoms with Gasteiger partial charge < -0.3 is 5.32 Å². The van der Waals surface area contributed by atoms with Crippen molar-refractivity contribution in [1.82, 2.24) is 10.2 Å². The maximum atomic E-state index is 12.1. The van der Waals surface area contributed by atoms with Gasteiger partial charge in [0.1, 0.15) is 0 Å². The van der Waals surface area contributed by atoms with Crippen LogP contribution in [0.4, 0.5) is 0 Å². The molecule has 110 valence electrons. The minimum Gasteiger partial charge on any atom is -0.305 e. The van der Waals surface area contributed by atoms with E-state index in [-0.39, 0.29) is 23.9 Å². The third-order valence-corrected chi connectivity index (χ3v) is 3.90. The first-order valence-corrected chi connectivity index (χ1v) is 7.60. The summed E-state index contributed by atoms with van der Waals surface area (Å²) in [5.74, 6) is 0.514. The van der Waals surface area contributed by atoms with Gasteiger partial charge in [-0.25, -0.2) is 0 Å². The monoisotopic (exact) mass is 268 g/mol. The minimum absolute atomic E-state index is 0.0335. The standard InChI is InChI=1S/C15H28N2O2/c1-5-7-8-12(6-2)10-16-13-9-14(18)17(11(3)4)15(13)19/h11-13,16H,5-10H2,1-4H3. The number of unbranched alkanes of at least 4 members (excludes halogenated alkanes) is 1. The van der Waals surface area contributed by atoms with Crippen LogP contribution in [0.3, 0.4) is 0 Å². The molecule has 0 radical (unpaired) electrons. The molecule has 0 saturated carbocycles. The van der Waals surface area contributed by atoms with E-state index in [1.54, 1.807) is 0 Å². The van der Waals surface area contributed by atoms with Crippen molar-refractivity contribution in [2.24, 2.45) is 5.92 Å². The van der Waals surface area contributed by atoms with E-state index >= 15 is 0 Å². The Labute approximate surface area is 116 Å². The molecule has 1 saturated heterocycles. The zero-order valence-electron chi connectivity index (χ0n) is 12.7. The second-order valence-corrected chi connectivity index (χ2v) is 5.78. The molecular weight excluding hydrogens is 240 g/mol. The molecule has 1 aliphatic heterocycles. The number of carbonyl (C=O) groups excluding carboxylic acids is 2. The Morgan fingerprint density at radius 1 is 1.32 bits per heavy atom. The van der Waals surface area contributed by atoms with Crippen molar-refractivity contribution < 1.29 is 9.59 Å². The second kappa shape index (κ2) is 7.63. The molecule has 1 fully saturated rings. The summed E-state index contributed by atoms with van der Waals surface area (Å²) in [5.41, 5.74) is 0. The van der Waals surface area contributed by atoms with Crippen LogP contribution in [0.2, 0.25) is 0 Å². The number of hydrogen-bond donors (Lipinski definition) is 1. The normalized spacial score (nSPS) is 21.5. The van der Waals surface area contributed by atoms with E-state index in [0.717, 1.165) is 13.0 Å². The van der Waals surface area contributed by atoms with E-state index in [9.17, 15) is 9.59 Å². The van der Waals surface area contributed by atoms with Crippen molar-refractivity contribution in [2.45, 2.75) is 71.9 Å². The predicted octanol–water partition coefficient (Wildman–Crippen LogP) is 2.33. The molecule has 0 aliphatic carbocycles. The molecule has 1 heterocycles. The van der Waals surface area contributed by atoms with Crippen LogP contribution in [0.5, 0.6) is 0 Å². The number of imide groups is 1. The number of nitrogens with zero attached hydrogens (tertiary/aromatic N) is 1. The SMILES string of the molecule is CCCCC(CC)CNC1CC(=O)N(C(C)C)C1=O. The molecule has 2 amide bonds. The first kappa shape index (κ1) is 16.2. The Morgan fingerprint density at radius 2 is 2.00 bits per heavy atom. The van der Waals surface area contributed by atoms with Crippen molar-refractivity contribution in [1.29, 1.82) is 0 Å². The minimum atomic E-state index is -0.300. The first-order chi connectivity index (χ1) is 9.01. The van der Waals surface area contributed by atoms with Gasteiger partial charge in [0.15, 0.2) is 0 Å². The fourth-order valence-corrected chi connectivity index (χ4v) is 2.61. The summed E-state index contributed by atoms with van der Waals surface area (Å²) < 4.78 is 0. The molecule has 2 unspecified atom stereocenters. The summed E-state index contributed by atoms with van der Waals surface area (Å²) in [5, 5.41) is 3.29. The van der Waals surface area contributed by atoms with Gasteiger partial charge in [0, 0.05) is 6.04 Å². The summed E-state index contributed by atoms with van der Waals surface area (Å²) in [6.45, 7) is 8.98. The number of nitrogens with one attached hydrogen (secondary N) is 1. The van der Waals surface area contributed by atoms with Gasteiger partial charge in [0.05, 0.1) is 12.5 Å². The zero-order chi connectivity index (χ0) is 14.4. The molecular formula is C15H28N2O2. The fourth-order valence-electron chi connectivity index (χ4n) is 2.61. The van der Waals surface area contributed by atoms with E-state index in [2.05, 4.69) is 19.2 Å². The van der Waals surface area contributed by atoms with E-state index in [0.29, 0.717) is 12.3 Å². The summed E-state index contributed by atoms with van der Waals surface area (Å²) in [7, 11) is 0. The van der Waals surface area contributed by atoms with Gasteiger partial charge in [0.2, 0.25) is 11.8 Å². The van der Waals surface area contributed by atoms with Crippen molar-refractivity contribution in [3.63, 3.8) is 0 Å². The lowest BCUT2D eigenvalue weighted by Crippen LogP contribution is -2.43. The van der Waals surface area contributed by atoms with Gasteiger partial charge in [-0.3, -0.25) is 14.5 Å². The third-order valence-electron chi connectivity index (χ3n) is 3.90. The van der Waals surface area contributed by atoms with Crippen molar-refractivity contribution in [2.75, 3.05) is 6.54 Å². The lowest BCUT2D eigenvalue weighted by Gasteiger charge is -2.20. The molecule has 19 heavy (non-hydrogen) atoms. The molecule has 0 aromatic heterocycles. The highest BCUT2D eigenvalue weighted by Crippen LogP contribution is 2.17. The van der Waals surface area contributed by atoms with Gasteiger partial charge in [-0.2, -0.15) is 0 Å². The highest BCUT2D eigenvalue weighted by molar-refractivity contribution is 6.05. The van der Waals surface area contributed by atoms with Gasteiger partial charge in [0.25, 0.3) is 0 Å². The topological polar surface area (TPSA) is 49.4 Å². The van der Waals surface area contributed by atoms with Gasteiger partial charge in [-0.05, 0) is 32.7 Å². The van der Waals surface area contributed by atoms with Gasteiger partial charge in [-0.1, -0.05) is 33.1 Å². The maximum Gasteiger partial charge on any atom is 0.247 e. The molecule has 0 aromatic rings. The fraction of sp³-hybridized carbons (Fsp3) is 0.867. The quantitative estimate of drug-likeness (QED) is 0.687. The van der Waals surface area contributed by atoms with Crippen LogP contribution in [0.15, 0.2) is 0 Å². The Bertz CT molecular complexity index is 315. The summed E-state index contributed by atoms with van der Waals surface area (Å²) in [6.07, 6.45) is 5.08. The summed E-state index contributed by atoms with van der Waals surface area (Å²) in [4.78, 5) is 25.3. The third kappa shape index (κ3) is 4.30. The Kier molecular flexibility index (Phi) is 6.49. The van der Waals surface area contributed by atoms with Crippen molar-refractivity contribution in [3.8, 4) is 0 Å². The van der Waals surface area contributed by atoms with Crippen LogP contribution in [0, 0.1) is 5.92 Å². The predicted molar refractivity (Wildman–Crippen MR) is 76.7 cm³/mol. The maximum absolute atomic E-state index is 12.1. The smallest absolute Gasteiger partial charge is 0.247 e. The number of rotatable bonds is 8. The number of amides is 2. The largest absolute Gasteiger partial charge is 0.305 e. The summed E-state index contributed by atoms with van der Waals surface area (Å²) >= 11 is 0. The molecule has 4 nitrogen and oxygen atoms in total. The Hall–Kier alpha value is -0.900. The average Bonchev–Trinajstić information content (AvgIpc) is 2.64. The van der Waals surface area contributed by atoms with Crippen molar-refractivity contribution >= 4 is 11.8 Å². The van der Waals surface area contributed by atoms with Crippen LogP contribution in [-0.4, -0.2) is 35.3 Å². The Balaban J connectivity index is 2.45. The molecule has 0 bridgehead atoms. The van der Waals surface area contributed by atoms with E-state index in [4.69, 9.17) is 0 Å². The molecule has 0 spiro atoms. The first-order valence-electron chi connectivity index (χ1n) is 7.60. The van der Waals surface area contributed by atoms with Crippen molar-refractivity contribution in [3.05, 3.63) is 0 Å². The lowest BCUT2D eigenvalue weighted by molar-refractivity contribution is -0.140. The second-order valence-electron chi connectivity index (χ2n) is 5.78. The number of carbonyl (C=O) groups is 2. The van der Waals surface area contributed by atoms with Crippen LogP contribution in [-0.2, 0) is 9.59 Å². The Morgan fingerprint density at radius 3 is 2.47 bits per heavy atom. The molecule has 1 rings (SSSR count). The number of likely N-dealkylation sites (tertiary alicyclic amines) is 1. The van der Waals surface area contributed by atoms with Crippen LogP contribution in [0.25, 0.3) is 0 Å². The highest BCUT2D eigenvalue weighted by atomic mass is 16.2. The summed E-state index contributed by atoms with van der Waals surface area (Å²) in [6, 6.07) is -0.334. The average molecular weight is 268 g/mol. The van der Waals surface area contributed by atoms with Crippen LogP contribution >= 0.6 is 0 Å². The van der Waals surface area contributed by atoms with Crippen LogP contribution in [0.1, 0.15) is 59.8 Å². The van der Waals surface area contributed by atoms with Crippen LogP contribution < -0.4 is 5.32 Å². The highest BCUT2D eigenvalue weighted by Gasteiger charge is 2.39. The van der Waals surface area contributed by atoms with E-state index in [1.807, 2.05) is 13.8 Å². The molecule has 1 aliphatic rings. The van der Waals surface area contributed by atoms with E-state index in [1.165, 1.54) is 24.2 Å². The van der Waals surface area contributed by atoms with E-state index < -0.39 is 0 Å².